The van der Waals surface area contributed by atoms with Gasteiger partial charge >= 0.3 is 0 Å². The van der Waals surface area contributed by atoms with E-state index < -0.39 is 0 Å². The molecule has 0 amide bonds. The van der Waals surface area contributed by atoms with E-state index in [4.69, 9.17) is 10.5 Å². The minimum absolute atomic E-state index is 0.593. The van der Waals surface area contributed by atoms with Gasteiger partial charge in [-0.2, -0.15) is 0 Å². The first-order chi connectivity index (χ1) is 8.69. The van der Waals surface area contributed by atoms with E-state index in [-0.39, 0.29) is 0 Å². The fourth-order valence-corrected chi connectivity index (χ4v) is 2.83. The van der Waals surface area contributed by atoms with Crippen LogP contribution in [0.15, 0.2) is 16.6 Å². The van der Waals surface area contributed by atoms with Crippen LogP contribution in [0.2, 0.25) is 0 Å². The molecule has 0 aliphatic heterocycles. The van der Waals surface area contributed by atoms with Gasteiger partial charge in [0.25, 0.3) is 0 Å². The van der Waals surface area contributed by atoms with Crippen LogP contribution < -0.4 is 10.5 Å². The van der Waals surface area contributed by atoms with Gasteiger partial charge in [0, 0.05) is 4.47 Å². The highest BCUT2D eigenvalue weighted by molar-refractivity contribution is 9.10. The number of nitrogen functional groups attached to an aromatic ring is 1. The van der Waals surface area contributed by atoms with Gasteiger partial charge < -0.3 is 10.5 Å². The summed E-state index contributed by atoms with van der Waals surface area (Å²) in [5.74, 6) is 2.93. The van der Waals surface area contributed by atoms with Gasteiger partial charge in [0.1, 0.15) is 5.75 Å². The Labute approximate surface area is 117 Å². The van der Waals surface area contributed by atoms with Crippen LogP contribution in [0, 0.1) is 18.3 Å². The molecule has 2 fully saturated rings. The van der Waals surface area contributed by atoms with Crippen LogP contribution in [-0.2, 0) is 0 Å². The van der Waals surface area contributed by atoms with E-state index in [1.54, 1.807) is 0 Å². The molecule has 0 saturated heterocycles. The Hall–Kier alpha value is -0.700. The van der Waals surface area contributed by atoms with Crippen LogP contribution in [0.3, 0.4) is 0 Å². The summed E-state index contributed by atoms with van der Waals surface area (Å²) in [4.78, 5) is 0. The quantitative estimate of drug-likeness (QED) is 0.829. The molecule has 97 valence electrons. The molecule has 0 bridgehead atoms. The van der Waals surface area contributed by atoms with Crippen LogP contribution >= 0.6 is 15.9 Å². The molecule has 2 nitrogen and oxygen atoms in total. The van der Waals surface area contributed by atoms with Crippen LogP contribution in [0.5, 0.6) is 5.75 Å². The number of ether oxygens (including phenoxy) is 1. The van der Waals surface area contributed by atoms with Gasteiger partial charge in [-0.3, -0.25) is 0 Å². The zero-order valence-electron chi connectivity index (χ0n) is 10.7. The smallest absolute Gasteiger partial charge is 0.143 e. The van der Waals surface area contributed by atoms with E-state index in [9.17, 15) is 0 Å². The van der Waals surface area contributed by atoms with Crippen LogP contribution in [-0.4, -0.2) is 6.61 Å². The fourth-order valence-electron chi connectivity index (χ4n) is 2.37. The molecule has 0 spiro atoms. The average Bonchev–Trinajstić information content (AvgIpc) is 3.25. The van der Waals surface area contributed by atoms with Crippen LogP contribution in [0.4, 0.5) is 5.69 Å². The summed E-state index contributed by atoms with van der Waals surface area (Å²) in [5, 5.41) is 0. The molecule has 2 aliphatic carbocycles. The Kier molecular flexibility index (Phi) is 3.27. The number of anilines is 1. The van der Waals surface area contributed by atoms with Crippen molar-refractivity contribution in [2.75, 3.05) is 12.3 Å². The maximum absolute atomic E-state index is 6.06. The third-order valence-corrected chi connectivity index (χ3v) is 4.57. The number of hydrogen-bond acceptors (Lipinski definition) is 2. The van der Waals surface area contributed by atoms with Crippen LogP contribution in [0.1, 0.15) is 37.7 Å². The molecular weight excluding hydrogens is 290 g/mol. The number of benzene rings is 1. The van der Waals surface area contributed by atoms with Gasteiger partial charge in [-0.1, -0.05) is 13.3 Å². The van der Waals surface area contributed by atoms with E-state index in [1.807, 2.05) is 0 Å². The second kappa shape index (κ2) is 4.76. The Morgan fingerprint density at radius 2 is 2.17 bits per heavy atom. The molecule has 2 N–H and O–H groups in total. The predicted molar refractivity (Wildman–Crippen MR) is 77.6 cm³/mol. The first-order valence-electron chi connectivity index (χ1n) is 6.75. The Balaban J connectivity index is 1.78. The Morgan fingerprint density at radius 1 is 1.39 bits per heavy atom. The highest BCUT2D eigenvalue weighted by atomic mass is 79.9. The largest absolute Gasteiger partial charge is 0.491 e. The number of hydrogen-bond donors (Lipinski definition) is 1. The summed E-state index contributed by atoms with van der Waals surface area (Å²) in [6.07, 6.45) is 6.21. The third-order valence-electron chi connectivity index (χ3n) is 3.92. The third kappa shape index (κ3) is 2.51. The molecule has 1 aromatic carbocycles. The van der Waals surface area contributed by atoms with E-state index in [1.165, 1.54) is 24.8 Å². The summed E-state index contributed by atoms with van der Waals surface area (Å²) in [6, 6.07) is 4.26. The Bertz CT molecular complexity index is 456. The summed E-state index contributed by atoms with van der Waals surface area (Å²) in [7, 11) is 0. The monoisotopic (exact) mass is 308 g/mol. The van der Waals surface area contributed by atoms with E-state index >= 15 is 0 Å². The van der Waals surface area contributed by atoms with Gasteiger partial charge in [0.15, 0.2) is 0 Å². The van der Waals surface area contributed by atoms with Gasteiger partial charge in [0.2, 0.25) is 0 Å². The van der Waals surface area contributed by atoms with Crippen molar-refractivity contribution >= 4 is 21.6 Å². The number of halogens is 1. The maximum atomic E-state index is 6.06. The van der Waals surface area contributed by atoms with Gasteiger partial charge in [-0.25, -0.2) is 0 Å². The summed E-state index contributed by atoms with van der Waals surface area (Å²) >= 11 is 3.54. The standard InChI is InChI=1S/C15H19BrNO/c1-2-10-5-12(10)11-6-13(16)15(17)14(7-11)18-8-9-3-4-9/h5-7,9-10,12H,2-4,8,17H2,1H3. The molecule has 2 aliphatic rings. The highest BCUT2D eigenvalue weighted by Crippen LogP contribution is 2.50. The van der Waals surface area contributed by atoms with Crippen LogP contribution in [0.25, 0.3) is 0 Å². The molecule has 0 aromatic heterocycles. The molecule has 2 atom stereocenters. The number of nitrogens with two attached hydrogens (primary N) is 1. The zero-order valence-corrected chi connectivity index (χ0v) is 12.2. The lowest BCUT2D eigenvalue weighted by Gasteiger charge is -2.12. The maximum Gasteiger partial charge on any atom is 0.143 e. The highest BCUT2D eigenvalue weighted by Gasteiger charge is 2.37. The fraction of sp³-hybridized carbons (Fsp3) is 0.533. The second-order valence-corrected chi connectivity index (χ2v) is 6.31. The van der Waals surface area contributed by atoms with E-state index in [2.05, 4.69) is 41.4 Å². The zero-order chi connectivity index (χ0) is 12.7. The van der Waals surface area contributed by atoms with Crippen molar-refractivity contribution in [3.63, 3.8) is 0 Å². The Morgan fingerprint density at radius 3 is 2.78 bits per heavy atom. The molecule has 18 heavy (non-hydrogen) atoms. The van der Waals surface area contributed by atoms with Gasteiger partial charge in [-0.15, -0.1) is 0 Å². The summed E-state index contributed by atoms with van der Waals surface area (Å²) in [6.45, 7) is 3.05. The second-order valence-electron chi connectivity index (χ2n) is 5.46. The lowest BCUT2D eigenvalue weighted by Crippen LogP contribution is -2.03. The predicted octanol–water partition coefficient (Wildman–Crippen LogP) is 4.15. The van der Waals surface area contributed by atoms with Crippen molar-refractivity contribution < 1.29 is 4.74 Å². The molecule has 1 aromatic rings. The van der Waals surface area contributed by atoms with Crippen molar-refractivity contribution in [3.05, 3.63) is 28.6 Å². The molecule has 3 heteroatoms. The van der Waals surface area contributed by atoms with Crippen molar-refractivity contribution in [1.29, 1.82) is 0 Å². The van der Waals surface area contributed by atoms with Gasteiger partial charge in [0.05, 0.1) is 12.3 Å². The SMILES string of the molecule is CCC1[CH]C1c1cc(Br)c(N)c(OCC2CC2)c1. The number of rotatable bonds is 5. The van der Waals surface area contributed by atoms with Gasteiger partial charge in [-0.05, 0) is 70.6 Å². The topological polar surface area (TPSA) is 35.2 Å². The van der Waals surface area contributed by atoms with Crippen molar-refractivity contribution in [1.82, 2.24) is 0 Å². The minimum Gasteiger partial charge on any atom is -0.491 e. The first-order valence-corrected chi connectivity index (χ1v) is 7.55. The lowest BCUT2D eigenvalue weighted by atomic mass is 10.1. The molecule has 2 unspecified atom stereocenters. The molecule has 0 heterocycles. The normalized spacial score (nSPS) is 26.1. The summed E-state index contributed by atoms with van der Waals surface area (Å²) < 4.78 is 6.82. The average molecular weight is 309 g/mol. The molecule has 1 radical (unpaired) electrons. The lowest BCUT2D eigenvalue weighted by molar-refractivity contribution is 0.301. The van der Waals surface area contributed by atoms with E-state index in [0.717, 1.165) is 34.4 Å². The van der Waals surface area contributed by atoms with Crippen molar-refractivity contribution in [3.8, 4) is 5.75 Å². The molecule has 2 saturated carbocycles. The van der Waals surface area contributed by atoms with Crippen molar-refractivity contribution in [2.45, 2.75) is 32.1 Å². The van der Waals surface area contributed by atoms with E-state index in [0.29, 0.717) is 5.92 Å². The minimum atomic E-state index is 0.593. The molecular formula is C15H19BrNO. The first kappa shape index (κ1) is 12.3. The molecule has 3 rings (SSSR count). The summed E-state index contributed by atoms with van der Waals surface area (Å²) in [5.41, 5.74) is 8.12. The van der Waals surface area contributed by atoms with Crippen molar-refractivity contribution in [2.24, 2.45) is 11.8 Å².